The third-order valence-corrected chi connectivity index (χ3v) is 3.83. The van der Waals surface area contributed by atoms with Crippen molar-refractivity contribution in [3.8, 4) is 11.5 Å². The fourth-order valence-electron chi connectivity index (χ4n) is 2.09. The van der Waals surface area contributed by atoms with Gasteiger partial charge in [-0.15, -0.1) is 0 Å². The fraction of sp³-hybridized carbons (Fsp3) is 0.294. The van der Waals surface area contributed by atoms with Gasteiger partial charge in [-0.25, -0.2) is 4.39 Å². The van der Waals surface area contributed by atoms with Crippen molar-refractivity contribution in [1.82, 2.24) is 5.32 Å². The van der Waals surface area contributed by atoms with E-state index in [0.29, 0.717) is 11.8 Å². The van der Waals surface area contributed by atoms with Crippen molar-refractivity contribution < 1.29 is 9.13 Å². The molecule has 3 rings (SSSR count). The lowest BCUT2D eigenvalue weighted by molar-refractivity contribution is 0.476. The number of hydrogen-bond acceptors (Lipinski definition) is 2. The molecule has 4 heteroatoms. The average molecular weight is 306 g/mol. The number of halogens is 2. The Morgan fingerprint density at radius 2 is 2.00 bits per heavy atom. The Hall–Kier alpha value is -1.58. The molecule has 0 aromatic heterocycles. The van der Waals surface area contributed by atoms with E-state index in [1.54, 1.807) is 6.07 Å². The summed E-state index contributed by atoms with van der Waals surface area (Å²) < 4.78 is 18.9. The van der Waals surface area contributed by atoms with Crippen LogP contribution < -0.4 is 10.1 Å². The van der Waals surface area contributed by atoms with Gasteiger partial charge in [-0.05, 0) is 55.2 Å². The first-order valence-electron chi connectivity index (χ1n) is 7.07. The number of rotatable bonds is 5. The topological polar surface area (TPSA) is 21.3 Å². The first kappa shape index (κ1) is 14.4. The maximum Gasteiger partial charge on any atom is 0.146 e. The minimum absolute atomic E-state index is 0.274. The SMILES string of the molecule is Cc1ccc(CNC2CC2)cc1Oc1ccc(F)cc1Cl. The van der Waals surface area contributed by atoms with Crippen molar-refractivity contribution >= 4 is 11.6 Å². The van der Waals surface area contributed by atoms with Crippen LogP contribution in [0.5, 0.6) is 11.5 Å². The number of nitrogens with one attached hydrogen (secondary N) is 1. The molecule has 110 valence electrons. The van der Waals surface area contributed by atoms with Crippen LogP contribution in [0.25, 0.3) is 0 Å². The van der Waals surface area contributed by atoms with E-state index >= 15 is 0 Å². The van der Waals surface area contributed by atoms with E-state index in [9.17, 15) is 4.39 Å². The van der Waals surface area contributed by atoms with Gasteiger partial charge in [0.25, 0.3) is 0 Å². The molecule has 0 spiro atoms. The summed E-state index contributed by atoms with van der Waals surface area (Å²) in [6, 6.07) is 10.9. The van der Waals surface area contributed by atoms with Crippen LogP contribution in [-0.2, 0) is 6.54 Å². The molecule has 0 atom stereocenters. The molecule has 0 unspecified atom stereocenters. The Labute approximate surface area is 128 Å². The zero-order chi connectivity index (χ0) is 14.8. The Balaban J connectivity index is 1.77. The second-order valence-corrected chi connectivity index (χ2v) is 5.84. The van der Waals surface area contributed by atoms with Crippen molar-refractivity contribution in [1.29, 1.82) is 0 Å². The molecule has 0 bridgehead atoms. The van der Waals surface area contributed by atoms with E-state index in [1.165, 1.54) is 30.5 Å². The Bertz CT molecular complexity index is 655. The summed E-state index contributed by atoms with van der Waals surface area (Å²) in [6.07, 6.45) is 2.53. The van der Waals surface area contributed by atoms with Crippen LogP contribution in [0.3, 0.4) is 0 Å². The van der Waals surface area contributed by atoms with Crippen LogP contribution in [-0.4, -0.2) is 6.04 Å². The molecule has 1 fully saturated rings. The van der Waals surface area contributed by atoms with Gasteiger partial charge in [0.15, 0.2) is 0 Å². The lowest BCUT2D eigenvalue weighted by Gasteiger charge is -2.12. The lowest BCUT2D eigenvalue weighted by Crippen LogP contribution is -2.15. The molecule has 2 aromatic carbocycles. The standard InChI is InChI=1S/C17H17ClFNO/c1-11-2-3-12(10-20-14-5-6-14)8-17(11)21-16-7-4-13(19)9-15(16)18/h2-4,7-9,14,20H,5-6,10H2,1H3. The second-order valence-electron chi connectivity index (χ2n) is 5.43. The monoisotopic (exact) mass is 305 g/mol. The van der Waals surface area contributed by atoms with Gasteiger partial charge in [0.2, 0.25) is 0 Å². The Morgan fingerprint density at radius 1 is 1.19 bits per heavy atom. The normalized spacial score (nSPS) is 14.2. The van der Waals surface area contributed by atoms with Crippen LogP contribution in [0.15, 0.2) is 36.4 Å². The van der Waals surface area contributed by atoms with Crippen molar-refractivity contribution in [3.63, 3.8) is 0 Å². The van der Waals surface area contributed by atoms with E-state index < -0.39 is 0 Å². The highest BCUT2D eigenvalue weighted by molar-refractivity contribution is 6.32. The van der Waals surface area contributed by atoms with Gasteiger partial charge >= 0.3 is 0 Å². The van der Waals surface area contributed by atoms with Crippen LogP contribution >= 0.6 is 11.6 Å². The molecule has 0 radical (unpaired) electrons. The summed E-state index contributed by atoms with van der Waals surface area (Å²) in [5, 5.41) is 3.75. The molecular formula is C17H17ClFNO. The summed E-state index contributed by atoms with van der Waals surface area (Å²) in [5.41, 5.74) is 2.19. The maximum atomic E-state index is 13.1. The molecule has 0 amide bonds. The highest BCUT2D eigenvalue weighted by Gasteiger charge is 2.20. The summed E-state index contributed by atoms with van der Waals surface area (Å²) >= 11 is 6.01. The second kappa shape index (κ2) is 6.04. The molecule has 0 saturated heterocycles. The van der Waals surface area contributed by atoms with Crippen LogP contribution in [0.4, 0.5) is 4.39 Å². The highest BCUT2D eigenvalue weighted by Crippen LogP contribution is 2.32. The zero-order valence-electron chi connectivity index (χ0n) is 11.8. The Morgan fingerprint density at radius 3 is 2.71 bits per heavy atom. The zero-order valence-corrected chi connectivity index (χ0v) is 12.6. The van der Waals surface area contributed by atoms with Gasteiger partial charge in [-0.3, -0.25) is 0 Å². The first-order chi connectivity index (χ1) is 10.1. The lowest BCUT2D eigenvalue weighted by atomic mass is 10.1. The molecule has 1 aliphatic carbocycles. The molecule has 1 N–H and O–H groups in total. The number of benzene rings is 2. The van der Waals surface area contributed by atoms with Crippen LogP contribution in [0, 0.1) is 12.7 Å². The molecule has 2 nitrogen and oxygen atoms in total. The molecule has 21 heavy (non-hydrogen) atoms. The quantitative estimate of drug-likeness (QED) is 0.854. The molecule has 0 aliphatic heterocycles. The number of hydrogen-bond donors (Lipinski definition) is 1. The summed E-state index contributed by atoms with van der Waals surface area (Å²) in [4.78, 5) is 0. The predicted molar refractivity (Wildman–Crippen MR) is 82.5 cm³/mol. The molecule has 0 heterocycles. The van der Waals surface area contributed by atoms with Crippen LogP contribution in [0.2, 0.25) is 5.02 Å². The van der Waals surface area contributed by atoms with E-state index in [4.69, 9.17) is 16.3 Å². The maximum absolute atomic E-state index is 13.1. The van der Waals surface area contributed by atoms with Gasteiger partial charge in [-0.1, -0.05) is 23.7 Å². The fourth-order valence-corrected chi connectivity index (χ4v) is 2.30. The molecular weight excluding hydrogens is 289 g/mol. The minimum atomic E-state index is -0.369. The summed E-state index contributed by atoms with van der Waals surface area (Å²) in [6.45, 7) is 2.81. The third kappa shape index (κ3) is 3.74. The summed E-state index contributed by atoms with van der Waals surface area (Å²) in [7, 11) is 0. The van der Waals surface area contributed by atoms with Crippen molar-refractivity contribution in [2.75, 3.05) is 0 Å². The Kier molecular flexibility index (Phi) is 4.13. The largest absolute Gasteiger partial charge is 0.456 e. The highest BCUT2D eigenvalue weighted by atomic mass is 35.5. The van der Waals surface area contributed by atoms with Crippen molar-refractivity contribution in [2.45, 2.75) is 32.4 Å². The van der Waals surface area contributed by atoms with Crippen molar-refractivity contribution in [3.05, 3.63) is 58.4 Å². The smallest absolute Gasteiger partial charge is 0.146 e. The predicted octanol–water partition coefficient (Wildman–Crippen LogP) is 4.83. The average Bonchev–Trinajstić information content (AvgIpc) is 3.27. The van der Waals surface area contributed by atoms with Gasteiger partial charge in [0.1, 0.15) is 17.3 Å². The van der Waals surface area contributed by atoms with Gasteiger partial charge in [-0.2, -0.15) is 0 Å². The summed E-state index contributed by atoms with van der Waals surface area (Å²) in [5.74, 6) is 0.846. The number of ether oxygens (including phenoxy) is 1. The van der Waals surface area contributed by atoms with E-state index in [-0.39, 0.29) is 10.8 Å². The van der Waals surface area contributed by atoms with E-state index in [1.807, 2.05) is 19.1 Å². The van der Waals surface area contributed by atoms with Gasteiger partial charge in [0, 0.05) is 12.6 Å². The first-order valence-corrected chi connectivity index (χ1v) is 7.45. The van der Waals surface area contributed by atoms with E-state index in [2.05, 4.69) is 11.4 Å². The molecule has 1 aliphatic rings. The van der Waals surface area contributed by atoms with E-state index in [0.717, 1.165) is 17.9 Å². The van der Waals surface area contributed by atoms with Crippen LogP contribution in [0.1, 0.15) is 24.0 Å². The van der Waals surface area contributed by atoms with Gasteiger partial charge in [0.05, 0.1) is 5.02 Å². The third-order valence-electron chi connectivity index (χ3n) is 3.54. The minimum Gasteiger partial charge on any atom is -0.456 e. The van der Waals surface area contributed by atoms with Crippen molar-refractivity contribution in [2.24, 2.45) is 0 Å². The molecule has 1 saturated carbocycles. The van der Waals surface area contributed by atoms with Gasteiger partial charge < -0.3 is 10.1 Å². The number of aryl methyl sites for hydroxylation is 1. The molecule has 2 aromatic rings.